The summed E-state index contributed by atoms with van der Waals surface area (Å²) in [5, 5.41) is 2.77. The number of benzene rings is 2. The summed E-state index contributed by atoms with van der Waals surface area (Å²) in [6, 6.07) is 17.3. The molecule has 0 aliphatic carbocycles. The molecule has 9 nitrogen and oxygen atoms in total. The number of amides is 4. The van der Waals surface area contributed by atoms with Gasteiger partial charge in [-0.2, -0.15) is 4.31 Å². The molecule has 2 fully saturated rings. The highest BCUT2D eigenvalue weighted by Crippen LogP contribution is 2.32. The number of hydrogen-bond donors (Lipinski definition) is 1. The fourth-order valence-electron chi connectivity index (χ4n) is 4.46. The van der Waals surface area contributed by atoms with Crippen LogP contribution < -0.4 is 5.32 Å². The Kier molecular flexibility index (Phi) is 6.72. The van der Waals surface area contributed by atoms with Crippen LogP contribution in [0.15, 0.2) is 60.7 Å². The van der Waals surface area contributed by atoms with E-state index in [1.54, 1.807) is 48.5 Å². The summed E-state index contributed by atoms with van der Waals surface area (Å²) in [4.78, 5) is 41.2. The quantitative estimate of drug-likeness (QED) is 0.600. The number of carbonyl (C=O) groups excluding carboxylic acids is 3. The Morgan fingerprint density at radius 3 is 2.12 bits per heavy atom. The minimum absolute atomic E-state index is 0.0944. The third-order valence-corrected chi connectivity index (χ3v) is 8.29. The summed E-state index contributed by atoms with van der Waals surface area (Å²) >= 11 is 0. The highest BCUT2D eigenvalue weighted by molar-refractivity contribution is 7.88. The van der Waals surface area contributed by atoms with Crippen molar-refractivity contribution in [2.24, 2.45) is 0 Å². The Hall–Kier alpha value is -3.24. The molecule has 2 aliphatic rings. The lowest BCUT2D eigenvalue weighted by molar-refractivity contribution is -0.139. The largest absolute Gasteiger partial charge is 0.338 e. The number of piperazine rings is 1. The first-order valence-corrected chi connectivity index (χ1v) is 12.9. The van der Waals surface area contributed by atoms with Crippen LogP contribution in [0.4, 0.5) is 4.79 Å². The van der Waals surface area contributed by atoms with Crippen molar-refractivity contribution in [2.45, 2.75) is 24.6 Å². The van der Waals surface area contributed by atoms with Crippen LogP contribution in [0.3, 0.4) is 0 Å². The van der Waals surface area contributed by atoms with Gasteiger partial charge in [-0.05, 0) is 17.5 Å². The molecule has 34 heavy (non-hydrogen) atoms. The van der Waals surface area contributed by atoms with Gasteiger partial charge in [-0.1, -0.05) is 67.6 Å². The first kappa shape index (κ1) is 23.9. The van der Waals surface area contributed by atoms with Crippen molar-refractivity contribution in [3.63, 3.8) is 0 Å². The molecule has 1 atom stereocenters. The number of sulfonamides is 1. The van der Waals surface area contributed by atoms with E-state index in [1.165, 1.54) is 9.21 Å². The van der Waals surface area contributed by atoms with Crippen molar-refractivity contribution in [3.05, 3.63) is 71.8 Å². The first-order chi connectivity index (χ1) is 16.3. The van der Waals surface area contributed by atoms with Crippen molar-refractivity contribution in [2.75, 3.05) is 32.7 Å². The lowest BCUT2D eigenvalue weighted by Crippen LogP contribution is -2.53. The van der Waals surface area contributed by atoms with Crippen LogP contribution in [-0.4, -0.2) is 73.1 Å². The highest BCUT2D eigenvalue weighted by Gasteiger charge is 2.51. The molecule has 2 aromatic rings. The van der Waals surface area contributed by atoms with Crippen LogP contribution in [0.1, 0.15) is 24.5 Å². The van der Waals surface area contributed by atoms with Gasteiger partial charge in [0.1, 0.15) is 12.1 Å². The van der Waals surface area contributed by atoms with Gasteiger partial charge in [0, 0.05) is 26.2 Å². The molecule has 0 bridgehead atoms. The number of urea groups is 1. The molecule has 2 aromatic carbocycles. The van der Waals surface area contributed by atoms with E-state index in [2.05, 4.69) is 5.32 Å². The number of nitrogens with one attached hydrogen (secondary N) is 1. The predicted molar refractivity (Wildman–Crippen MR) is 126 cm³/mol. The van der Waals surface area contributed by atoms with E-state index in [9.17, 15) is 22.8 Å². The zero-order valence-corrected chi connectivity index (χ0v) is 19.8. The van der Waals surface area contributed by atoms with Crippen molar-refractivity contribution < 1.29 is 22.8 Å². The predicted octanol–water partition coefficient (Wildman–Crippen LogP) is 1.52. The van der Waals surface area contributed by atoms with Gasteiger partial charge in [0.15, 0.2) is 0 Å². The summed E-state index contributed by atoms with van der Waals surface area (Å²) in [6.07, 6.45) is 0.351. The van der Waals surface area contributed by atoms with Gasteiger partial charge in [0.05, 0.1) is 5.75 Å². The zero-order chi connectivity index (χ0) is 24.3. The molecule has 2 aliphatic heterocycles. The molecule has 1 N–H and O–H groups in total. The zero-order valence-electron chi connectivity index (χ0n) is 19.0. The van der Waals surface area contributed by atoms with E-state index < -0.39 is 27.5 Å². The molecule has 0 aromatic heterocycles. The van der Waals surface area contributed by atoms with E-state index in [0.717, 1.165) is 4.90 Å². The molecule has 0 saturated carbocycles. The normalized spacial score (nSPS) is 21.6. The topological polar surface area (TPSA) is 107 Å². The van der Waals surface area contributed by atoms with Crippen LogP contribution in [0.25, 0.3) is 0 Å². The maximum Gasteiger partial charge on any atom is 0.325 e. The minimum Gasteiger partial charge on any atom is -0.338 e. The van der Waals surface area contributed by atoms with Crippen molar-refractivity contribution >= 4 is 27.9 Å². The van der Waals surface area contributed by atoms with Crippen molar-refractivity contribution in [1.82, 2.24) is 19.4 Å². The van der Waals surface area contributed by atoms with Crippen LogP contribution in [-0.2, 0) is 30.9 Å². The second-order valence-corrected chi connectivity index (χ2v) is 10.4. The van der Waals surface area contributed by atoms with Gasteiger partial charge in [0.25, 0.3) is 5.91 Å². The molecular formula is C24H28N4O5S. The second-order valence-electron chi connectivity index (χ2n) is 8.47. The maximum atomic E-state index is 13.2. The lowest BCUT2D eigenvalue weighted by atomic mass is 9.87. The molecule has 4 rings (SSSR count). The van der Waals surface area contributed by atoms with Crippen molar-refractivity contribution in [3.8, 4) is 0 Å². The SMILES string of the molecule is CC[C@]1(c2ccccc2)NC(=O)N(CC(=O)N2CCN(S(=O)(=O)Cc3ccccc3)CC2)C1=O. The van der Waals surface area contributed by atoms with E-state index in [-0.39, 0.29) is 44.4 Å². The number of rotatable bonds is 7. The molecule has 0 spiro atoms. The van der Waals surface area contributed by atoms with E-state index in [1.807, 2.05) is 19.1 Å². The second kappa shape index (κ2) is 9.55. The third-order valence-electron chi connectivity index (χ3n) is 6.44. The highest BCUT2D eigenvalue weighted by atomic mass is 32.2. The van der Waals surface area contributed by atoms with E-state index in [4.69, 9.17) is 0 Å². The van der Waals surface area contributed by atoms with Gasteiger partial charge < -0.3 is 10.2 Å². The number of imide groups is 1. The summed E-state index contributed by atoms with van der Waals surface area (Å²) in [7, 11) is -3.51. The Balaban J connectivity index is 1.38. The number of hydrogen-bond acceptors (Lipinski definition) is 5. The van der Waals surface area contributed by atoms with Crippen LogP contribution >= 0.6 is 0 Å². The summed E-state index contributed by atoms with van der Waals surface area (Å²) in [5.41, 5.74) is 0.184. The minimum atomic E-state index is -3.51. The Bertz CT molecular complexity index is 1160. The van der Waals surface area contributed by atoms with Crippen LogP contribution in [0.5, 0.6) is 0 Å². The molecule has 0 unspecified atom stereocenters. The molecule has 4 amide bonds. The van der Waals surface area contributed by atoms with E-state index in [0.29, 0.717) is 17.5 Å². The number of carbonyl (C=O) groups is 3. The van der Waals surface area contributed by atoms with Gasteiger partial charge in [-0.15, -0.1) is 0 Å². The molecular weight excluding hydrogens is 456 g/mol. The smallest absolute Gasteiger partial charge is 0.325 e. The Labute approximate surface area is 199 Å². The van der Waals surface area contributed by atoms with Gasteiger partial charge >= 0.3 is 6.03 Å². The average Bonchev–Trinajstić information content (AvgIpc) is 3.10. The molecule has 10 heteroatoms. The summed E-state index contributed by atoms with van der Waals surface area (Å²) in [6.45, 7) is 2.18. The Morgan fingerprint density at radius 2 is 1.53 bits per heavy atom. The van der Waals surface area contributed by atoms with Gasteiger partial charge in [-0.3, -0.25) is 14.5 Å². The number of nitrogens with zero attached hydrogens (tertiary/aromatic N) is 3. The fraction of sp³-hybridized carbons (Fsp3) is 0.375. The maximum absolute atomic E-state index is 13.2. The molecule has 2 saturated heterocycles. The standard InChI is InChI=1S/C24H28N4O5S/c1-2-24(20-11-7-4-8-12-20)22(30)28(23(31)25-24)17-21(29)26-13-15-27(16-14-26)34(32,33)18-19-9-5-3-6-10-19/h3-12H,2,13-18H2,1H3,(H,25,31)/t24-/m1/s1. The van der Waals surface area contributed by atoms with E-state index >= 15 is 0 Å². The monoisotopic (exact) mass is 484 g/mol. The molecule has 180 valence electrons. The summed E-state index contributed by atoms with van der Waals surface area (Å²) in [5.74, 6) is -0.935. The van der Waals surface area contributed by atoms with Gasteiger partial charge in [-0.25, -0.2) is 13.2 Å². The molecule has 2 heterocycles. The average molecular weight is 485 g/mol. The third kappa shape index (κ3) is 4.55. The fourth-order valence-corrected chi connectivity index (χ4v) is 5.97. The van der Waals surface area contributed by atoms with Crippen LogP contribution in [0, 0.1) is 0 Å². The van der Waals surface area contributed by atoms with Gasteiger partial charge in [0.2, 0.25) is 15.9 Å². The van der Waals surface area contributed by atoms with Crippen molar-refractivity contribution in [1.29, 1.82) is 0 Å². The first-order valence-electron chi connectivity index (χ1n) is 11.3. The van der Waals surface area contributed by atoms with Crippen LogP contribution in [0.2, 0.25) is 0 Å². The molecule has 0 radical (unpaired) electrons. The lowest BCUT2D eigenvalue weighted by Gasteiger charge is -2.34. The summed E-state index contributed by atoms with van der Waals surface area (Å²) < 4.78 is 26.9. The Morgan fingerprint density at radius 1 is 0.941 bits per heavy atom.